The van der Waals surface area contributed by atoms with Gasteiger partial charge in [-0.2, -0.15) is 0 Å². The van der Waals surface area contributed by atoms with Crippen molar-refractivity contribution in [3.8, 4) is 0 Å². The molecule has 0 spiro atoms. The van der Waals surface area contributed by atoms with E-state index >= 15 is 0 Å². The Hall–Kier alpha value is -3.50. The van der Waals surface area contributed by atoms with Gasteiger partial charge < -0.3 is 70.7 Å². The standard InChI is InChI=1S/C26H40N10O24P4/c1-33-7-35(19-13(33)21(41)31-25(27)29-19)23-17(39)15(37)11(57-23)5-55-63(49,50)53-3-9(59-61(43,44)45)10(60-62(46,47)48)4-54-64(51,52)56-6-12-16(38)18(40)24(58-12)36-8-34(2)14-20(36)30-26(28)32-22(14)42/h7-12,15-18,23-24,37-40H,3-6H2,1-2H3,(H10-2,27,28,29,30,31,32,41,42,43,44,45,46,47,48,49,50,51,52)/p+2/t9?,10?,11-,12-,15-,16-,17-,18-,23-,24-/m1/s1. The molecule has 0 amide bonds. The van der Waals surface area contributed by atoms with Crippen molar-refractivity contribution in [2.75, 3.05) is 37.9 Å². The summed E-state index contributed by atoms with van der Waals surface area (Å²) in [6.45, 7) is -5.22. The molecule has 4 unspecified atom stereocenters. The number of anilines is 2. The molecule has 0 radical (unpaired) electrons. The number of phosphoric ester groups is 4. The number of nitrogens with one attached hydrogen (secondary N) is 2. The predicted octanol–water partition coefficient (Wildman–Crippen LogP) is -6.26. The molecule has 16 N–H and O–H groups in total. The number of nitrogens with two attached hydrogens (primary N) is 2. The van der Waals surface area contributed by atoms with E-state index in [1.54, 1.807) is 0 Å². The number of hydrogen-bond donors (Lipinski definition) is 14. The van der Waals surface area contributed by atoms with Crippen LogP contribution < -0.4 is 31.7 Å². The SMILES string of the molecule is Cn1c[n+]([C@@H]2O[C@H](COP(=O)(O)OCC(OP(=O)(O)O)C(COP(=O)(O)OC[C@H]3O[C@@H]([n+]4cn(C)c5c(=O)[nH]c(N)nc54)[C@H](O)[C@@H]3O)OP(=O)(O)O)[C@@H](O)[C@H]2O)c2nc(N)[nH]c(=O)c21. The summed E-state index contributed by atoms with van der Waals surface area (Å²) < 4.78 is 93.5. The maximum Gasteiger partial charge on any atom is 0.472 e. The molecule has 4 aromatic heterocycles. The third kappa shape index (κ3) is 11.4. The largest absolute Gasteiger partial charge is 0.472 e. The van der Waals surface area contributed by atoms with Crippen molar-refractivity contribution >= 4 is 65.5 Å². The summed E-state index contributed by atoms with van der Waals surface area (Å²) in [6, 6.07) is 0. The predicted molar refractivity (Wildman–Crippen MR) is 201 cm³/mol. The summed E-state index contributed by atoms with van der Waals surface area (Å²) in [6.07, 6.45) is -16.0. The van der Waals surface area contributed by atoms with Gasteiger partial charge in [-0.3, -0.25) is 55.8 Å². The summed E-state index contributed by atoms with van der Waals surface area (Å²) in [4.78, 5) is 96.2. The van der Waals surface area contributed by atoms with E-state index in [1.807, 2.05) is 0 Å². The number of nitrogen functional groups attached to an aromatic ring is 2. The molecule has 64 heavy (non-hydrogen) atoms. The van der Waals surface area contributed by atoms with E-state index < -0.39 is 130 Å². The molecule has 2 aliphatic rings. The molecule has 2 saturated heterocycles. The van der Waals surface area contributed by atoms with Gasteiger partial charge in [0, 0.05) is 0 Å². The zero-order chi connectivity index (χ0) is 47.4. The van der Waals surface area contributed by atoms with Crippen molar-refractivity contribution < 1.29 is 114 Å². The van der Waals surface area contributed by atoms with Gasteiger partial charge in [-0.1, -0.05) is 9.97 Å². The quantitative estimate of drug-likeness (QED) is 0.0307. The van der Waals surface area contributed by atoms with Crippen LogP contribution in [-0.2, 0) is 69.0 Å². The van der Waals surface area contributed by atoms with E-state index in [4.69, 9.17) is 39.0 Å². The van der Waals surface area contributed by atoms with Gasteiger partial charge in [0.1, 0.15) is 48.8 Å². The van der Waals surface area contributed by atoms with Crippen LogP contribution in [0.5, 0.6) is 0 Å². The zero-order valence-corrected chi connectivity index (χ0v) is 36.1. The van der Waals surface area contributed by atoms with Gasteiger partial charge in [-0.15, -0.1) is 0 Å². The molecule has 12 atom stereocenters. The monoisotopic (exact) mass is 1000 g/mol. The number of rotatable bonds is 19. The number of aromatic amines is 2. The molecule has 6 heterocycles. The number of ether oxygens (including phenoxy) is 2. The fraction of sp³-hybridized carbons (Fsp3) is 0.615. The second-order valence-electron chi connectivity index (χ2n) is 14.0. The fourth-order valence-electron chi connectivity index (χ4n) is 6.61. The number of aromatic nitrogens is 8. The molecule has 2 fully saturated rings. The van der Waals surface area contributed by atoms with Gasteiger partial charge in [0.15, 0.2) is 12.7 Å². The van der Waals surface area contributed by atoms with Crippen molar-refractivity contribution in [1.29, 1.82) is 0 Å². The highest BCUT2D eigenvalue weighted by Crippen LogP contribution is 2.49. The highest BCUT2D eigenvalue weighted by atomic mass is 31.2. The number of imidazole rings is 2. The highest BCUT2D eigenvalue weighted by molar-refractivity contribution is 7.48. The van der Waals surface area contributed by atoms with Crippen LogP contribution in [0.4, 0.5) is 11.9 Å². The molecule has 0 aromatic carbocycles. The molecular weight excluding hydrogens is 960 g/mol. The number of aliphatic hydroxyl groups excluding tert-OH is 4. The lowest BCUT2D eigenvalue weighted by Crippen LogP contribution is -2.46. The minimum atomic E-state index is -5.75. The average Bonchev–Trinajstić information content (AvgIpc) is 3.85. The van der Waals surface area contributed by atoms with Crippen molar-refractivity contribution in [2.24, 2.45) is 14.1 Å². The molecular formula is C26H42N10O24P4+2. The maximum atomic E-state index is 12.9. The van der Waals surface area contributed by atoms with Crippen molar-refractivity contribution in [2.45, 2.75) is 61.3 Å². The molecule has 358 valence electrons. The molecule has 6 rings (SSSR count). The van der Waals surface area contributed by atoms with Crippen LogP contribution in [-0.4, -0.2) is 154 Å². The Balaban J connectivity index is 1.09. The summed E-state index contributed by atoms with van der Waals surface area (Å²) in [5.41, 5.74) is 9.72. The molecule has 38 heteroatoms. The first kappa shape index (κ1) is 49.9. The van der Waals surface area contributed by atoms with Crippen LogP contribution in [0.2, 0.25) is 0 Å². The van der Waals surface area contributed by atoms with Crippen LogP contribution >= 0.6 is 31.3 Å². The average molecular weight is 1000 g/mol. The minimum Gasteiger partial charge on any atom is -0.387 e. The van der Waals surface area contributed by atoms with Crippen molar-refractivity contribution in [1.82, 2.24) is 29.1 Å². The van der Waals surface area contributed by atoms with Gasteiger partial charge in [-0.25, -0.2) is 27.4 Å². The number of fused-ring (bicyclic) bond motifs is 2. The smallest absolute Gasteiger partial charge is 0.387 e. The Labute approximate surface area is 354 Å². The topological polar surface area (TPSA) is 506 Å². The zero-order valence-electron chi connectivity index (χ0n) is 32.6. The number of nitrogens with zero attached hydrogens (tertiary/aromatic N) is 6. The second kappa shape index (κ2) is 18.6. The molecule has 0 bridgehead atoms. The van der Waals surface area contributed by atoms with E-state index in [1.165, 1.54) is 35.9 Å². The van der Waals surface area contributed by atoms with E-state index in [2.05, 4.69) is 29.0 Å². The highest BCUT2D eigenvalue weighted by Gasteiger charge is 2.50. The Bertz CT molecular complexity index is 2500. The second-order valence-corrected chi connectivity index (χ2v) is 19.3. The van der Waals surface area contributed by atoms with Crippen molar-refractivity contribution in [3.05, 3.63) is 33.4 Å². The molecule has 2 aliphatic heterocycles. The maximum absolute atomic E-state index is 12.9. The van der Waals surface area contributed by atoms with Gasteiger partial charge in [0.05, 0.1) is 40.5 Å². The van der Waals surface area contributed by atoms with Crippen molar-refractivity contribution in [3.63, 3.8) is 0 Å². The lowest BCUT2D eigenvalue weighted by molar-refractivity contribution is -0.746. The van der Waals surface area contributed by atoms with Crippen LogP contribution in [0, 0.1) is 0 Å². The lowest BCUT2D eigenvalue weighted by atomic mass is 10.1. The summed E-state index contributed by atoms with van der Waals surface area (Å²) >= 11 is 0. The lowest BCUT2D eigenvalue weighted by Gasteiger charge is -2.28. The first-order valence-corrected chi connectivity index (χ1v) is 23.9. The van der Waals surface area contributed by atoms with Crippen LogP contribution in [0.15, 0.2) is 22.2 Å². The van der Waals surface area contributed by atoms with E-state index in [0.29, 0.717) is 0 Å². The molecule has 0 aliphatic carbocycles. The van der Waals surface area contributed by atoms with E-state index in [0.717, 1.165) is 9.13 Å². The Kier molecular flexibility index (Phi) is 14.5. The molecule has 0 saturated carbocycles. The number of hydrogen-bond acceptors (Lipinski definition) is 22. The van der Waals surface area contributed by atoms with Crippen LogP contribution in [0.3, 0.4) is 0 Å². The number of H-pyrrole nitrogens is 2. The molecule has 34 nitrogen and oxygen atoms in total. The number of aliphatic hydroxyl groups is 4. The summed E-state index contributed by atoms with van der Waals surface area (Å²) in [5, 5.41) is 42.8. The number of phosphoric acid groups is 4. The third-order valence-corrected chi connectivity index (χ3v) is 12.4. The van der Waals surface area contributed by atoms with Crippen LogP contribution in [0.1, 0.15) is 12.5 Å². The van der Waals surface area contributed by atoms with Crippen LogP contribution in [0.25, 0.3) is 22.3 Å². The van der Waals surface area contributed by atoms with E-state index in [-0.39, 0.29) is 34.2 Å². The Morgan fingerprint density at radius 1 is 0.656 bits per heavy atom. The van der Waals surface area contributed by atoms with Gasteiger partial charge >= 0.3 is 42.6 Å². The van der Waals surface area contributed by atoms with Gasteiger partial charge in [0.2, 0.25) is 23.5 Å². The van der Waals surface area contributed by atoms with Gasteiger partial charge in [0.25, 0.3) is 23.0 Å². The summed E-state index contributed by atoms with van der Waals surface area (Å²) in [5.74, 6) is -0.614. The first-order valence-electron chi connectivity index (χ1n) is 17.8. The Morgan fingerprint density at radius 2 is 1.00 bits per heavy atom. The Morgan fingerprint density at radius 3 is 1.33 bits per heavy atom. The fourth-order valence-corrected chi connectivity index (χ4v) is 9.20. The molecule has 4 aromatic rings. The summed E-state index contributed by atoms with van der Waals surface area (Å²) in [7, 11) is -19.5. The number of aryl methyl sites for hydroxylation is 2. The first-order chi connectivity index (χ1) is 29.5. The van der Waals surface area contributed by atoms with Gasteiger partial charge in [-0.05, 0) is 0 Å². The van der Waals surface area contributed by atoms with E-state index in [9.17, 15) is 77.6 Å². The third-order valence-electron chi connectivity index (χ3n) is 9.37. The normalized spacial score (nSPS) is 27.2. The minimum absolute atomic E-state index is 0.0174.